The predicted octanol–water partition coefficient (Wildman–Crippen LogP) is 3.82. The Labute approximate surface area is 154 Å². The lowest BCUT2D eigenvalue weighted by Gasteiger charge is -2.33. The Hall–Kier alpha value is -0.920. The molecule has 1 aromatic rings. The van der Waals surface area contributed by atoms with E-state index >= 15 is 0 Å². The normalized spacial score (nSPS) is 16.2. The van der Waals surface area contributed by atoms with Gasteiger partial charge in [-0.3, -0.25) is 4.99 Å². The van der Waals surface area contributed by atoms with Gasteiger partial charge in [0.15, 0.2) is 17.6 Å². The van der Waals surface area contributed by atoms with Gasteiger partial charge >= 0.3 is 0 Å². The molecule has 1 heterocycles. The summed E-state index contributed by atoms with van der Waals surface area (Å²) in [5.41, 5.74) is 0.381. The molecule has 0 saturated carbocycles. The van der Waals surface area contributed by atoms with Crippen LogP contribution in [0.15, 0.2) is 23.2 Å². The molecule has 1 aromatic carbocycles. The summed E-state index contributed by atoms with van der Waals surface area (Å²) in [5, 5.41) is 3.29. The zero-order valence-corrected chi connectivity index (χ0v) is 16.1. The van der Waals surface area contributed by atoms with Crippen molar-refractivity contribution < 1.29 is 8.78 Å². The number of guanidine groups is 1. The van der Waals surface area contributed by atoms with Crippen molar-refractivity contribution in [1.29, 1.82) is 0 Å². The minimum Gasteiger partial charge on any atom is -0.357 e. The van der Waals surface area contributed by atoms with E-state index < -0.39 is 11.6 Å². The van der Waals surface area contributed by atoms with Crippen molar-refractivity contribution in [3.8, 4) is 0 Å². The average Bonchev–Trinajstić information content (AvgIpc) is 2.51. The molecule has 0 unspecified atom stereocenters. The number of halogens is 3. The fraction of sp³-hybridized carbons (Fsp3) is 0.588. The van der Waals surface area contributed by atoms with Gasteiger partial charge in [0.25, 0.3) is 0 Å². The van der Waals surface area contributed by atoms with Crippen molar-refractivity contribution in [1.82, 2.24) is 10.2 Å². The SMILES string of the molecule is CCNC(=NCCc1cccc(F)c1F)N1CCC(C)CC1.I. The molecule has 130 valence electrons. The van der Waals surface area contributed by atoms with Crippen LogP contribution in [0, 0.1) is 17.6 Å². The summed E-state index contributed by atoms with van der Waals surface area (Å²) in [7, 11) is 0. The Balaban J connectivity index is 0.00000264. The Bertz CT molecular complexity index is 515. The van der Waals surface area contributed by atoms with Gasteiger partial charge in [0.05, 0.1) is 0 Å². The standard InChI is InChI=1S/C17H25F2N3.HI/c1-3-20-17(22-11-8-13(2)9-12-22)21-10-7-14-5-4-6-15(18)16(14)19;/h4-6,13H,3,7-12H2,1-2H3,(H,20,21);1H. The van der Waals surface area contributed by atoms with Gasteiger partial charge in [-0.1, -0.05) is 19.1 Å². The van der Waals surface area contributed by atoms with Crippen molar-refractivity contribution in [3.05, 3.63) is 35.4 Å². The highest BCUT2D eigenvalue weighted by Crippen LogP contribution is 2.16. The third-order valence-electron chi connectivity index (χ3n) is 4.09. The minimum absolute atomic E-state index is 0. The van der Waals surface area contributed by atoms with E-state index in [1.807, 2.05) is 6.92 Å². The fourth-order valence-electron chi connectivity index (χ4n) is 2.67. The van der Waals surface area contributed by atoms with Crippen molar-refractivity contribution in [3.63, 3.8) is 0 Å². The number of hydrogen-bond donors (Lipinski definition) is 1. The molecule has 1 saturated heterocycles. The fourth-order valence-corrected chi connectivity index (χ4v) is 2.67. The van der Waals surface area contributed by atoms with Gasteiger partial charge in [0, 0.05) is 26.2 Å². The zero-order chi connectivity index (χ0) is 15.9. The van der Waals surface area contributed by atoms with Crippen LogP contribution in [-0.2, 0) is 6.42 Å². The highest BCUT2D eigenvalue weighted by Gasteiger charge is 2.18. The molecule has 1 N–H and O–H groups in total. The maximum absolute atomic E-state index is 13.6. The smallest absolute Gasteiger partial charge is 0.193 e. The molecule has 1 aliphatic rings. The van der Waals surface area contributed by atoms with Crippen LogP contribution in [0.25, 0.3) is 0 Å². The van der Waals surface area contributed by atoms with Gasteiger partial charge < -0.3 is 10.2 Å². The summed E-state index contributed by atoms with van der Waals surface area (Å²) in [4.78, 5) is 6.83. The maximum atomic E-state index is 13.6. The molecule has 0 spiro atoms. The Morgan fingerprint density at radius 2 is 2.00 bits per heavy atom. The Morgan fingerprint density at radius 1 is 1.30 bits per heavy atom. The highest BCUT2D eigenvalue weighted by molar-refractivity contribution is 14.0. The van der Waals surface area contributed by atoms with Gasteiger partial charge in [-0.2, -0.15) is 0 Å². The van der Waals surface area contributed by atoms with Crippen LogP contribution in [0.2, 0.25) is 0 Å². The second-order valence-electron chi connectivity index (χ2n) is 5.87. The first-order valence-corrected chi connectivity index (χ1v) is 8.08. The van der Waals surface area contributed by atoms with E-state index in [-0.39, 0.29) is 24.0 Å². The van der Waals surface area contributed by atoms with Gasteiger partial charge in [0.2, 0.25) is 0 Å². The summed E-state index contributed by atoms with van der Waals surface area (Å²) in [6.07, 6.45) is 2.74. The quantitative estimate of drug-likeness (QED) is 0.441. The third-order valence-corrected chi connectivity index (χ3v) is 4.09. The molecule has 0 aromatic heterocycles. The lowest BCUT2D eigenvalue weighted by Crippen LogP contribution is -2.45. The second kappa shape index (κ2) is 10.1. The van der Waals surface area contributed by atoms with E-state index in [4.69, 9.17) is 0 Å². The molecule has 1 aliphatic heterocycles. The summed E-state index contributed by atoms with van der Waals surface area (Å²) in [6, 6.07) is 4.29. The van der Waals surface area contributed by atoms with E-state index in [0.717, 1.165) is 37.6 Å². The lowest BCUT2D eigenvalue weighted by molar-refractivity contribution is 0.273. The van der Waals surface area contributed by atoms with Gasteiger partial charge in [-0.25, -0.2) is 8.78 Å². The molecule has 3 nitrogen and oxygen atoms in total. The van der Waals surface area contributed by atoms with Crippen molar-refractivity contribution in [2.75, 3.05) is 26.2 Å². The number of rotatable bonds is 4. The van der Waals surface area contributed by atoms with Gasteiger partial charge in [-0.05, 0) is 43.7 Å². The summed E-state index contributed by atoms with van der Waals surface area (Å²) >= 11 is 0. The van der Waals surface area contributed by atoms with E-state index in [2.05, 4.69) is 22.1 Å². The van der Waals surface area contributed by atoms with Crippen LogP contribution in [0.1, 0.15) is 32.3 Å². The van der Waals surface area contributed by atoms with Crippen molar-refractivity contribution in [2.24, 2.45) is 10.9 Å². The molecule has 23 heavy (non-hydrogen) atoms. The molecule has 0 amide bonds. The van der Waals surface area contributed by atoms with Crippen molar-refractivity contribution >= 4 is 29.9 Å². The monoisotopic (exact) mass is 437 g/mol. The number of benzene rings is 1. The first-order valence-electron chi connectivity index (χ1n) is 8.08. The topological polar surface area (TPSA) is 27.6 Å². The summed E-state index contributed by atoms with van der Waals surface area (Å²) < 4.78 is 26.8. The van der Waals surface area contributed by atoms with Gasteiger partial charge in [-0.15, -0.1) is 24.0 Å². The molecular weight excluding hydrogens is 411 g/mol. The number of piperidine rings is 1. The van der Waals surface area contributed by atoms with Crippen LogP contribution in [0.3, 0.4) is 0 Å². The van der Waals surface area contributed by atoms with E-state index in [1.165, 1.54) is 18.9 Å². The number of nitrogens with zero attached hydrogens (tertiary/aromatic N) is 2. The number of likely N-dealkylation sites (tertiary alicyclic amines) is 1. The molecular formula is C17H26F2IN3. The van der Waals surface area contributed by atoms with E-state index in [9.17, 15) is 8.78 Å². The summed E-state index contributed by atoms with van der Waals surface area (Å²) in [5.74, 6) is 0.0969. The molecule has 0 aliphatic carbocycles. The Morgan fingerprint density at radius 3 is 2.65 bits per heavy atom. The maximum Gasteiger partial charge on any atom is 0.193 e. The molecule has 0 bridgehead atoms. The number of nitrogens with one attached hydrogen (secondary N) is 1. The van der Waals surface area contributed by atoms with Crippen LogP contribution in [0.4, 0.5) is 8.78 Å². The average molecular weight is 437 g/mol. The third kappa shape index (κ3) is 5.90. The first-order chi connectivity index (χ1) is 10.6. The Kier molecular flexibility index (Phi) is 8.79. The molecule has 0 atom stereocenters. The van der Waals surface area contributed by atoms with E-state index in [0.29, 0.717) is 18.5 Å². The lowest BCUT2D eigenvalue weighted by atomic mass is 10.00. The molecule has 0 radical (unpaired) electrons. The van der Waals surface area contributed by atoms with Gasteiger partial charge in [0.1, 0.15) is 0 Å². The zero-order valence-electron chi connectivity index (χ0n) is 13.8. The van der Waals surface area contributed by atoms with E-state index in [1.54, 1.807) is 6.07 Å². The van der Waals surface area contributed by atoms with Crippen molar-refractivity contribution in [2.45, 2.75) is 33.1 Å². The second-order valence-corrected chi connectivity index (χ2v) is 5.87. The highest BCUT2D eigenvalue weighted by atomic mass is 127. The first kappa shape index (κ1) is 20.1. The largest absolute Gasteiger partial charge is 0.357 e. The minimum atomic E-state index is -0.793. The molecule has 2 rings (SSSR count). The predicted molar refractivity (Wildman–Crippen MR) is 101 cm³/mol. The molecule has 1 fully saturated rings. The summed E-state index contributed by atoms with van der Waals surface area (Å²) in [6.45, 7) is 7.57. The van der Waals surface area contributed by atoms with Crippen LogP contribution < -0.4 is 5.32 Å². The number of hydrogen-bond acceptors (Lipinski definition) is 1. The van der Waals surface area contributed by atoms with Crippen LogP contribution in [0.5, 0.6) is 0 Å². The van der Waals surface area contributed by atoms with Crippen LogP contribution >= 0.6 is 24.0 Å². The molecule has 6 heteroatoms. The number of aliphatic imine (C=N–C) groups is 1. The van der Waals surface area contributed by atoms with Crippen LogP contribution in [-0.4, -0.2) is 37.0 Å².